The van der Waals surface area contributed by atoms with Crippen LogP contribution in [0, 0.1) is 0 Å². The second kappa shape index (κ2) is 5.69. The van der Waals surface area contributed by atoms with Gasteiger partial charge in [-0.25, -0.2) is 0 Å². The second-order valence-electron chi connectivity index (χ2n) is 4.50. The highest BCUT2D eigenvalue weighted by Gasteiger charge is 2.23. The van der Waals surface area contributed by atoms with Crippen LogP contribution < -0.4 is 5.32 Å². The van der Waals surface area contributed by atoms with Crippen LogP contribution in [-0.4, -0.2) is 36.5 Å². The number of hydrogen-bond donors (Lipinski definition) is 2. The van der Waals surface area contributed by atoms with Gasteiger partial charge in [0.1, 0.15) is 0 Å². The van der Waals surface area contributed by atoms with Crippen molar-refractivity contribution in [2.75, 3.05) is 20.2 Å². The van der Waals surface area contributed by atoms with E-state index in [-0.39, 0.29) is 5.60 Å². The Balaban J connectivity index is 3.83. The van der Waals surface area contributed by atoms with Gasteiger partial charge in [-0.2, -0.15) is 0 Å². The van der Waals surface area contributed by atoms with Gasteiger partial charge in [0, 0.05) is 20.2 Å². The van der Waals surface area contributed by atoms with Crippen LogP contribution in [0.1, 0.15) is 40.5 Å². The number of nitrogens with one attached hydrogen (secondary N) is 1. The van der Waals surface area contributed by atoms with Gasteiger partial charge in [0.15, 0.2) is 0 Å². The Morgan fingerprint density at radius 2 is 1.64 bits per heavy atom. The van der Waals surface area contributed by atoms with E-state index in [0.717, 1.165) is 19.4 Å². The number of ether oxygens (including phenoxy) is 1. The van der Waals surface area contributed by atoms with Gasteiger partial charge in [0.25, 0.3) is 0 Å². The summed E-state index contributed by atoms with van der Waals surface area (Å²) in [6.45, 7) is 9.45. The molecule has 3 heteroatoms. The molecule has 0 aromatic carbocycles. The molecule has 0 amide bonds. The van der Waals surface area contributed by atoms with Crippen molar-refractivity contribution in [2.45, 2.75) is 51.7 Å². The molecule has 0 unspecified atom stereocenters. The molecule has 0 aliphatic heterocycles. The van der Waals surface area contributed by atoms with E-state index in [1.807, 2.05) is 27.7 Å². The third-order valence-corrected chi connectivity index (χ3v) is 2.87. The number of aliphatic hydroxyl groups is 1. The van der Waals surface area contributed by atoms with Crippen molar-refractivity contribution >= 4 is 0 Å². The van der Waals surface area contributed by atoms with Gasteiger partial charge in [-0.15, -0.1) is 0 Å². The van der Waals surface area contributed by atoms with E-state index in [4.69, 9.17) is 4.74 Å². The lowest BCUT2D eigenvalue weighted by atomic mass is 9.97. The molecule has 0 fully saturated rings. The number of rotatable bonds is 7. The van der Waals surface area contributed by atoms with Crippen molar-refractivity contribution in [1.29, 1.82) is 0 Å². The van der Waals surface area contributed by atoms with Crippen LogP contribution in [-0.2, 0) is 4.74 Å². The molecule has 0 aromatic rings. The highest BCUT2D eigenvalue weighted by molar-refractivity contribution is 4.80. The van der Waals surface area contributed by atoms with Crippen LogP contribution in [0.25, 0.3) is 0 Å². The minimum Gasteiger partial charge on any atom is -0.389 e. The average molecular weight is 203 g/mol. The first kappa shape index (κ1) is 13.9. The molecule has 0 saturated carbocycles. The Labute approximate surface area is 87.8 Å². The Bertz CT molecular complexity index is 153. The van der Waals surface area contributed by atoms with E-state index in [1.165, 1.54) is 0 Å². The molecule has 0 aromatic heterocycles. The Hall–Kier alpha value is -0.120. The fraction of sp³-hybridized carbons (Fsp3) is 1.00. The van der Waals surface area contributed by atoms with E-state index < -0.39 is 5.60 Å². The van der Waals surface area contributed by atoms with Crippen LogP contribution in [0.2, 0.25) is 0 Å². The third-order valence-electron chi connectivity index (χ3n) is 2.87. The molecular weight excluding hydrogens is 178 g/mol. The summed E-state index contributed by atoms with van der Waals surface area (Å²) in [5, 5.41) is 13.2. The highest BCUT2D eigenvalue weighted by atomic mass is 16.5. The predicted octanol–water partition coefficient (Wildman–Crippen LogP) is 1.55. The molecule has 0 radical (unpaired) electrons. The maximum atomic E-state index is 9.99. The summed E-state index contributed by atoms with van der Waals surface area (Å²) in [5.74, 6) is 0. The van der Waals surface area contributed by atoms with Crippen molar-refractivity contribution in [2.24, 2.45) is 0 Å². The molecular formula is C11H25NO2. The van der Waals surface area contributed by atoms with E-state index >= 15 is 0 Å². The average Bonchev–Trinajstić information content (AvgIpc) is 2.17. The maximum absolute atomic E-state index is 9.99. The number of methoxy groups -OCH3 is 1. The summed E-state index contributed by atoms with van der Waals surface area (Å²) in [6, 6.07) is 0. The second-order valence-corrected chi connectivity index (χ2v) is 4.50. The smallest absolute Gasteiger partial charge is 0.0766 e. The van der Waals surface area contributed by atoms with Crippen LogP contribution >= 0.6 is 0 Å². The summed E-state index contributed by atoms with van der Waals surface area (Å²) >= 11 is 0. The van der Waals surface area contributed by atoms with Crippen molar-refractivity contribution in [3.63, 3.8) is 0 Å². The molecule has 0 heterocycles. The first-order chi connectivity index (χ1) is 6.39. The van der Waals surface area contributed by atoms with E-state index in [1.54, 1.807) is 7.11 Å². The van der Waals surface area contributed by atoms with Crippen molar-refractivity contribution < 1.29 is 9.84 Å². The maximum Gasteiger partial charge on any atom is 0.0766 e. The zero-order valence-electron chi connectivity index (χ0n) is 10.2. The van der Waals surface area contributed by atoms with Gasteiger partial charge in [-0.1, -0.05) is 13.8 Å². The fourth-order valence-corrected chi connectivity index (χ4v) is 1.17. The first-order valence-corrected chi connectivity index (χ1v) is 5.37. The Kier molecular flexibility index (Phi) is 5.64. The summed E-state index contributed by atoms with van der Waals surface area (Å²) < 4.78 is 5.28. The SMILES string of the molecule is CCC(O)(CC)CNCC(C)(C)OC. The van der Waals surface area contributed by atoms with Crippen molar-refractivity contribution in [1.82, 2.24) is 5.32 Å². The standard InChI is InChI=1S/C11H25NO2/c1-6-11(13,7-2)9-12-8-10(3,4)14-5/h12-13H,6-9H2,1-5H3. The Morgan fingerprint density at radius 3 is 2.00 bits per heavy atom. The Morgan fingerprint density at radius 1 is 1.14 bits per heavy atom. The molecule has 3 nitrogen and oxygen atoms in total. The lowest BCUT2D eigenvalue weighted by molar-refractivity contribution is 0.00418. The predicted molar refractivity (Wildman–Crippen MR) is 59.5 cm³/mol. The minimum atomic E-state index is -0.566. The molecule has 0 rings (SSSR count). The molecule has 0 bridgehead atoms. The van der Waals surface area contributed by atoms with Gasteiger partial charge in [-0.3, -0.25) is 0 Å². The van der Waals surface area contributed by atoms with Gasteiger partial charge in [0.2, 0.25) is 0 Å². The molecule has 0 saturated heterocycles. The monoisotopic (exact) mass is 203 g/mol. The summed E-state index contributed by atoms with van der Waals surface area (Å²) in [4.78, 5) is 0. The van der Waals surface area contributed by atoms with Gasteiger partial charge in [-0.05, 0) is 26.7 Å². The van der Waals surface area contributed by atoms with E-state index in [2.05, 4.69) is 5.32 Å². The molecule has 0 spiro atoms. The zero-order valence-corrected chi connectivity index (χ0v) is 10.2. The highest BCUT2D eigenvalue weighted by Crippen LogP contribution is 2.13. The summed E-state index contributed by atoms with van der Waals surface area (Å²) in [7, 11) is 1.70. The summed E-state index contributed by atoms with van der Waals surface area (Å²) in [6.07, 6.45) is 1.56. The largest absolute Gasteiger partial charge is 0.389 e. The number of hydrogen-bond acceptors (Lipinski definition) is 3. The quantitative estimate of drug-likeness (QED) is 0.659. The first-order valence-electron chi connectivity index (χ1n) is 5.37. The lowest BCUT2D eigenvalue weighted by Gasteiger charge is -2.29. The lowest BCUT2D eigenvalue weighted by Crippen LogP contribution is -2.45. The topological polar surface area (TPSA) is 41.5 Å². The van der Waals surface area contributed by atoms with E-state index in [0.29, 0.717) is 6.54 Å². The fourth-order valence-electron chi connectivity index (χ4n) is 1.17. The normalized spacial score (nSPS) is 13.3. The molecule has 14 heavy (non-hydrogen) atoms. The third kappa shape index (κ3) is 4.94. The van der Waals surface area contributed by atoms with Gasteiger partial charge >= 0.3 is 0 Å². The molecule has 2 N–H and O–H groups in total. The zero-order chi connectivity index (χ0) is 11.2. The molecule has 0 aliphatic carbocycles. The van der Waals surface area contributed by atoms with Crippen LogP contribution in [0.3, 0.4) is 0 Å². The van der Waals surface area contributed by atoms with Crippen molar-refractivity contribution in [3.8, 4) is 0 Å². The van der Waals surface area contributed by atoms with Crippen molar-refractivity contribution in [3.05, 3.63) is 0 Å². The van der Waals surface area contributed by atoms with E-state index in [9.17, 15) is 5.11 Å². The van der Waals surface area contributed by atoms with Gasteiger partial charge < -0.3 is 15.2 Å². The molecule has 86 valence electrons. The van der Waals surface area contributed by atoms with Crippen LogP contribution in [0.15, 0.2) is 0 Å². The minimum absolute atomic E-state index is 0.164. The van der Waals surface area contributed by atoms with Gasteiger partial charge in [0.05, 0.1) is 11.2 Å². The van der Waals surface area contributed by atoms with Crippen LogP contribution in [0.4, 0.5) is 0 Å². The summed E-state index contributed by atoms with van der Waals surface area (Å²) in [5.41, 5.74) is -0.730. The van der Waals surface area contributed by atoms with Crippen LogP contribution in [0.5, 0.6) is 0 Å². The molecule has 0 aliphatic rings. The molecule has 0 atom stereocenters.